The van der Waals surface area contributed by atoms with Crippen LogP contribution in [0, 0.1) is 0 Å². The summed E-state index contributed by atoms with van der Waals surface area (Å²) in [4.78, 5) is 0. The summed E-state index contributed by atoms with van der Waals surface area (Å²) < 4.78 is 0. The molecule has 0 amide bonds. The van der Waals surface area contributed by atoms with Crippen molar-refractivity contribution in [1.29, 1.82) is 0 Å². The largest absolute Gasteiger partial charge is 0.342 e. The molecule has 0 aliphatic carbocycles. The van der Waals surface area contributed by atoms with Crippen LogP contribution in [0.2, 0.25) is 11.1 Å². The Morgan fingerprint density at radius 3 is 2.07 bits per heavy atom. The zero-order chi connectivity index (χ0) is 10.8. The molecule has 1 unspecified atom stereocenters. The van der Waals surface area contributed by atoms with Crippen LogP contribution >= 0.6 is 44.8 Å². The first-order chi connectivity index (χ1) is 6.38. The van der Waals surface area contributed by atoms with Gasteiger partial charge in [-0.1, -0.05) is 30.7 Å². The van der Waals surface area contributed by atoms with Crippen molar-refractivity contribution in [2.45, 2.75) is 18.9 Å². The normalized spacial score (nSPS) is 14.1. The minimum Gasteiger partial charge on any atom is -0.126 e. The molecule has 0 bridgehead atoms. The maximum atomic E-state index is 5.85. The smallest absolute Gasteiger partial charge is 0.126 e. The van der Waals surface area contributed by atoms with Crippen LogP contribution < -0.4 is 0 Å². The summed E-state index contributed by atoms with van der Waals surface area (Å²) in [6.45, 7) is 2.05. The van der Waals surface area contributed by atoms with Gasteiger partial charge in [0.25, 0.3) is 0 Å². The Kier molecular flexibility index (Phi) is 4.60. The summed E-state index contributed by atoms with van der Waals surface area (Å²) in [5.74, 6) is 0.270. The summed E-state index contributed by atoms with van der Waals surface area (Å²) >= 11 is 23.3. The molecule has 1 aromatic rings. The SMILES string of the molecule is CC(C[Si](Cl)(Cl)Cl)c1ccc(Cl)cc1. The molecule has 0 aromatic heterocycles. The van der Waals surface area contributed by atoms with Crippen molar-refractivity contribution in [2.24, 2.45) is 0 Å². The van der Waals surface area contributed by atoms with Crippen LogP contribution in [0.15, 0.2) is 24.3 Å². The van der Waals surface area contributed by atoms with Gasteiger partial charge in [0, 0.05) is 5.02 Å². The van der Waals surface area contributed by atoms with Gasteiger partial charge in [0.15, 0.2) is 0 Å². The number of hydrogen-bond acceptors (Lipinski definition) is 0. The van der Waals surface area contributed by atoms with Gasteiger partial charge in [-0.2, -0.15) is 0 Å². The molecule has 0 aliphatic heterocycles. The van der Waals surface area contributed by atoms with Gasteiger partial charge in [-0.05, 0) is 29.7 Å². The Balaban J connectivity index is 2.70. The molecule has 5 heteroatoms. The first-order valence-electron chi connectivity index (χ1n) is 4.21. The minimum atomic E-state index is -2.53. The van der Waals surface area contributed by atoms with Crippen molar-refractivity contribution in [3.63, 3.8) is 0 Å². The monoisotopic (exact) mass is 286 g/mol. The van der Waals surface area contributed by atoms with Crippen molar-refractivity contribution in [3.8, 4) is 0 Å². The second kappa shape index (κ2) is 5.09. The number of rotatable bonds is 3. The molecule has 0 aliphatic rings. The molecule has 1 aromatic carbocycles. The van der Waals surface area contributed by atoms with Crippen molar-refractivity contribution in [3.05, 3.63) is 34.9 Å². The van der Waals surface area contributed by atoms with Gasteiger partial charge in [0.2, 0.25) is 0 Å². The lowest BCUT2D eigenvalue weighted by molar-refractivity contribution is 0.859. The third-order valence-corrected chi connectivity index (χ3v) is 4.69. The average Bonchev–Trinajstić information content (AvgIpc) is 2.02. The van der Waals surface area contributed by atoms with Crippen molar-refractivity contribution >= 4 is 50.8 Å². The number of benzene rings is 1. The summed E-state index contributed by atoms with van der Waals surface area (Å²) in [6.07, 6.45) is 0. The summed E-state index contributed by atoms with van der Waals surface area (Å²) in [5.41, 5.74) is 1.16. The van der Waals surface area contributed by atoms with E-state index in [9.17, 15) is 0 Å². The molecule has 0 saturated heterocycles. The maximum Gasteiger partial charge on any atom is 0.342 e. The second-order valence-electron chi connectivity index (χ2n) is 3.27. The molecule has 0 radical (unpaired) electrons. The fraction of sp³-hybridized carbons (Fsp3) is 0.333. The van der Waals surface area contributed by atoms with E-state index in [2.05, 4.69) is 6.92 Å². The number of halogens is 4. The lowest BCUT2D eigenvalue weighted by atomic mass is 10.0. The van der Waals surface area contributed by atoms with E-state index >= 15 is 0 Å². The van der Waals surface area contributed by atoms with Gasteiger partial charge in [0.05, 0.1) is 0 Å². The van der Waals surface area contributed by atoms with E-state index in [4.69, 9.17) is 44.8 Å². The number of hydrogen-bond donors (Lipinski definition) is 0. The Morgan fingerprint density at radius 1 is 1.14 bits per heavy atom. The van der Waals surface area contributed by atoms with Gasteiger partial charge < -0.3 is 0 Å². The van der Waals surface area contributed by atoms with Crippen molar-refractivity contribution in [1.82, 2.24) is 0 Å². The highest BCUT2D eigenvalue weighted by Gasteiger charge is 2.28. The first-order valence-corrected chi connectivity index (χ1v) is 9.83. The van der Waals surface area contributed by atoms with Crippen LogP contribution in [0.1, 0.15) is 18.4 Å². The van der Waals surface area contributed by atoms with Crippen LogP contribution in [0.3, 0.4) is 0 Å². The second-order valence-corrected chi connectivity index (χ2v) is 12.9. The van der Waals surface area contributed by atoms with E-state index in [1.807, 2.05) is 24.3 Å². The van der Waals surface area contributed by atoms with E-state index < -0.39 is 6.00 Å². The zero-order valence-electron chi connectivity index (χ0n) is 7.61. The van der Waals surface area contributed by atoms with E-state index in [1.165, 1.54) is 0 Å². The van der Waals surface area contributed by atoms with Crippen molar-refractivity contribution < 1.29 is 0 Å². The van der Waals surface area contributed by atoms with E-state index in [1.54, 1.807) is 0 Å². The predicted molar refractivity (Wildman–Crippen MR) is 68.0 cm³/mol. The molecule has 14 heavy (non-hydrogen) atoms. The van der Waals surface area contributed by atoms with Crippen LogP contribution in [0.25, 0.3) is 0 Å². The van der Waals surface area contributed by atoms with Crippen molar-refractivity contribution in [2.75, 3.05) is 0 Å². The van der Waals surface area contributed by atoms with E-state index in [0.717, 1.165) is 10.6 Å². The first kappa shape index (κ1) is 12.7. The molecular formula is C9H10Cl4Si. The molecule has 0 saturated carbocycles. The predicted octanol–water partition coefficient (Wildman–Crippen LogP) is 5.10. The third kappa shape index (κ3) is 4.41. The van der Waals surface area contributed by atoms with Crippen LogP contribution in [-0.4, -0.2) is 6.00 Å². The molecule has 78 valence electrons. The van der Waals surface area contributed by atoms with Gasteiger partial charge in [-0.25, -0.2) is 0 Å². The van der Waals surface area contributed by atoms with Gasteiger partial charge in [0.1, 0.15) is 0 Å². The standard InChI is InChI=1S/C9H10Cl4Si/c1-7(6-14(11,12)13)8-2-4-9(10)5-3-8/h2-5,7H,6H2,1H3. The van der Waals surface area contributed by atoms with Gasteiger partial charge >= 0.3 is 6.00 Å². The molecule has 0 fully saturated rings. The molecule has 1 atom stereocenters. The van der Waals surface area contributed by atoms with Crippen LogP contribution in [0.4, 0.5) is 0 Å². The highest BCUT2D eigenvalue weighted by molar-refractivity contribution is 7.64. The highest BCUT2D eigenvalue weighted by atomic mass is 35.8. The lowest BCUT2D eigenvalue weighted by Crippen LogP contribution is -2.12. The van der Waals surface area contributed by atoms with Gasteiger partial charge in [-0.15, -0.1) is 33.2 Å². The third-order valence-electron chi connectivity index (χ3n) is 1.98. The van der Waals surface area contributed by atoms with Crippen LogP contribution in [-0.2, 0) is 0 Å². The highest BCUT2D eigenvalue weighted by Crippen LogP contribution is 2.34. The molecule has 1 rings (SSSR count). The fourth-order valence-electron chi connectivity index (χ4n) is 1.26. The van der Waals surface area contributed by atoms with Gasteiger partial charge in [-0.3, -0.25) is 0 Å². The molecule has 0 nitrogen and oxygen atoms in total. The Bertz CT molecular complexity index is 291. The summed E-state index contributed by atoms with van der Waals surface area (Å²) in [5, 5.41) is 0.729. The summed E-state index contributed by atoms with van der Waals surface area (Å²) in [7, 11) is 0. The fourth-order valence-corrected chi connectivity index (χ4v) is 4.40. The average molecular weight is 288 g/mol. The molecular weight excluding hydrogens is 278 g/mol. The topological polar surface area (TPSA) is 0 Å². The molecule has 0 spiro atoms. The minimum absolute atomic E-state index is 0.270. The Hall–Kier alpha value is 0.597. The summed E-state index contributed by atoms with van der Waals surface area (Å²) in [6, 6.07) is 5.75. The molecule has 0 N–H and O–H groups in total. The van der Waals surface area contributed by atoms with Crippen LogP contribution in [0.5, 0.6) is 0 Å². The van der Waals surface area contributed by atoms with E-state index in [0.29, 0.717) is 6.04 Å². The lowest BCUT2D eigenvalue weighted by Gasteiger charge is -2.15. The maximum absolute atomic E-state index is 5.85. The van der Waals surface area contributed by atoms with E-state index in [-0.39, 0.29) is 5.92 Å². The quantitative estimate of drug-likeness (QED) is 0.536. The zero-order valence-corrected chi connectivity index (χ0v) is 11.6. The Morgan fingerprint density at radius 2 is 1.64 bits per heavy atom. The molecule has 0 heterocycles. The Labute approximate surface area is 104 Å².